The van der Waals surface area contributed by atoms with Crippen LogP contribution < -0.4 is 5.32 Å². The van der Waals surface area contributed by atoms with Gasteiger partial charge in [-0.1, -0.05) is 0 Å². The summed E-state index contributed by atoms with van der Waals surface area (Å²) in [6.07, 6.45) is 6.43. The maximum atomic E-state index is 3.74. The standard InChI is InChI=1S/C14H28N2S/c1-13(2)11-16(8-5-9-17-4)14(3,10-15-13)12-6-7-12/h12,15H,5-11H2,1-4H3. The van der Waals surface area contributed by atoms with Gasteiger partial charge in [-0.3, -0.25) is 4.90 Å². The van der Waals surface area contributed by atoms with Crippen molar-refractivity contribution in [1.29, 1.82) is 0 Å². The molecule has 17 heavy (non-hydrogen) atoms. The van der Waals surface area contributed by atoms with E-state index in [-0.39, 0.29) is 5.54 Å². The van der Waals surface area contributed by atoms with Crippen molar-refractivity contribution in [1.82, 2.24) is 10.2 Å². The van der Waals surface area contributed by atoms with Crippen LogP contribution in [0.15, 0.2) is 0 Å². The molecule has 0 bridgehead atoms. The van der Waals surface area contributed by atoms with E-state index in [1.165, 1.54) is 44.6 Å². The van der Waals surface area contributed by atoms with Crippen molar-refractivity contribution in [3.05, 3.63) is 0 Å². The van der Waals surface area contributed by atoms with E-state index in [1.807, 2.05) is 11.8 Å². The largest absolute Gasteiger partial charge is 0.309 e. The molecule has 0 amide bonds. The average molecular weight is 256 g/mol. The summed E-state index contributed by atoms with van der Waals surface area (Å²) >= 11 is 1.97. The van der Waals surface area contributed by atoms with Gasteiger partial charge in [0, 0.05) is 24.2 Å². The average Bonchev–Trinajstić information content (AvgIpc) is 3.07. The Morgan fingerprint density at radius 3 is 2.59 bits per heavy atom. The first kappa shape index (κ1) is 13.7. The van der Waals surface area contributed by atoms with Crippen molar-refractivity contribution in [2.75, 3.05) is 31.6 Å². The molecule has 1 heterocycles. The van der Waals surface area contributed by atoms with E-state index in [1.54, 1.807) is 0 Å². The number of thioether (sulfide) groups is 1. The molecule has 0 aromatic rings. The normalized spacial score (nSPS) is 33.9. The van der Waals surface area contributed by atoms with Crippen LogP contribution in [-0.4, -0.2) is 47.6 Å². The molecule has 0 aromatic carbocycles. The summed E-state index contributed by atoms with van der Waals surface area (Å²) in [6, 6.07) is 0. The first-order valence-electron chi connectivity index (χ1n) is 6.97. The smallest absolute Gasteiger partial charge is 0.0334 e. The summed E-state index contributed by atoms with van der Waals surface area (Å²) in [5, 5.41) is 3.74. The molecule has 0 spiro atoms. The van der Waals surface area contributed by atoms with Gasteiger partial charge in [0.25, 0.3) is 0 Å². The highest BCUT2D eigenvalue weighted by molar-refractivity contribution is 7.98. The van der Waals surface area contributed by atoms with Crippen LogP contribution in [0, 0.1) is 5.92 Å². The summed E-state index contributed by atoms with van der Waals surface area (Å²) in [4.78, 5) is 2.78. The monoisotopic (exact) mass is 256 g/mol. The van der Waals surface area contributed by atoms with Gasteiger partial charge >= 0.3 is 0 Å². The lowest BCUT2D eigenvalue weighted by Crippen LogP contribution is -2.68. The van der Waals surface area contributed by atoms with E-state index >= 15 is 0 Å². The Morgan fingerprint density at radius 2 is 2.00 bits per heavy atom. The molecular weight excluding hydrogens is 228 g/mol. The third-order valence-corrected chi connectivity index (χ3v) is 5.16. The van der Waals surface area contributed by atoms with Crippen molar-refractivity contribution < 1.29 is 0 Å². The fraction of sp³-hybridized carbons (Fsp3) is 1.00. The SMILES string of the molecule is CSCCCN1CC(C)(C)NCC1(C)C1CC1. The predicted octanol–water partition coefficient (Wildman–Crippen LogP) is 2.59. The van der Waals surface area contributed by atoms with Gasteiger partial charge in [0.1, 0.15) is 0 Å². The second kappa shape index (κ2) is 5.10. The Balaban J connectivity index is 1.98. The highest BCUT2D eigenvalue weighted by atomic mass is 32.2. The van der Waals surface area contributed by atoms with Crippen LogP contribution in [0.5, 0.6) is 0 Å². The van der Waals surface area contributed by atoms with Crippen LogP contribution in [0.25, 0.3) is 0 Å². The van der Waals surface area contributed by atoms with Gasteiger partial charge in [0.05, 0.1) is 0 Å². The Kier molecular flexibility index (Phi) is 4.11. The Bertz CT molecular complexity index is 263. The predicted molar refractivity (Wildman–Crippen MR) is 77.8 cm³/mol. The first-order chi connectivity index (χ1) is 7.98. The summed E-state index contributed by atoms with van der Waals surface area (Å²) < 4.78 is 0. The molecule has 1 aliphatic heterocycles. The number of hydrogen-bond donors (Lipinski definition) is 1. The van der Waals surface area contributed by atoms with Gasteiger partial charge in [0.15, 0.2) is 0 Å². The first-order valence-corrected chi connectivity index (χ1v) is 8.36. The van der Waals surface area contributed by atoms with E-state index in [2.05, 4.69) is 37.2 Å². The Labute approximate surface area is 111 Å². The number of piperazine rings is 1. The zero-order valence-corrected chi connectivity index (χ0v) is 12.7. The molecule has 1 saturated heterocycles. The minimum Gasteiger partial charge on any atom is -0.309 e. The third-order valence-electron chi connectivity index (χ3n) is 4.47. The molecule has 2 aliphatic rings. The van der Waals surface area contributed by atoms with Crippen molar-refractivity contribution >= 4 is 11.8 Å². The molecule has 2 fully saturated rings. The van der Waals surface area contributed by atoms with Crippen molar-refractivity contribution in [2.45, 2.75) is 51.1 Å². The molecule has 2 nitrogen and oxygen atoms in total. The molecule has 1 unspecified atom stereocenters. The lowest BCUT2D eigenvalue weighted by molar-refractivity contribution is 0.0123. The Morgan fingerprint density at radius 1 is 1.29 bits per heavy atom. The number of hydrogen-bond acceptors (Lipinski definition) is 3. The highest BCUT2D eigenvalue weighted by Gasteiger charge is 2.49. The van der Waals surface area contributed by atoms with E-state index in [0.29, 0.717) is 5.54 Å². The van der Waals surface area contributed by atoms with Crippen LogP contribution in [0.1, 0.15) is 40.0 Å². The summed E-state index contributed by atoms with van der Waals surface area (Å²) in [6.45, 7) is 10.8. The minimum absolute atomic E-state index is 0.285. The third kappa shape index (κ3) is 3.18. The molecule has 1 saturated carbocycles. The van der Waals surface area contributed by atoms with Crippen LogP contribution >= 0.6 is 11.8 Å². The maximum Gasteiger partial charge on any atom is 0.0334 e. The molecular formula is C14H28N2S. The van der Waals surface area contributed by atoms with Crippen LogP contribution in [0.3, 0.4) is 0 Å². The number of rotatable bonds is 5. The van der Waals surface area contributed by atoms with Gasteiger partial charge in [-0.15, -0.1) is 0 Å². The topological polar surface area (TPSA) is 15.3 Å². The summed E-state index contributed by atoms with van der Waals surface area (Å²) in [7, 11) is 0. The second-order valence-electron chi connectivity index (χ2n) is 6.64. The van der Waals surface area contributed by atoms with Crippen LogP contribution in [0.2, 0.25) is 0 Å². The zero-order chi connectivity index (χ0) is 12.5. The lowest BCUT2D eigenvalue weighted by Gasteiger charge is -2.52. The van der Waals surface area contributed by atoms with Crippen LogP contribution in [0.4, 0.5) is 0 Å². The maximum absolute atomic E-state index is 3.74. The fourth-order valence-corrected chi connectivity index (χ4v) is 3.50. The summed E-state index contributed by atoms with van der Waals surface area (Å²) in [5.74, 6) is 2.24. The van der Waals surface area contributed by atoms with Crippen molar-refractivity contribution in [2.24, 2.45) is 5.92 Å². The van der Waals surface area contributed by atoms with E-state index < -0.39 is 0 Å². The number of nitrogens with zero attached hydrogens (tertiary/aromatic N) is 1. The van der Waals surface area contributed by atoms with E-state index in [4.69, 9.17) is 0 Å². The molecule has 100 valence electrons. The van der Waals surface area contributed by atoms with Crippen molar-refractivity contribution in [3.8, 4) is 0 Å². The van der Waals surface area contributed by atoms with Gasteiger partial charge in [-0.2, -0.15) is 11.8 Å². The van der Waals surface area contributed by atoms with Gasteiger partial charge in [-0.05, 0) is 64.5 Å². The molecule has 1 atom stereocenters. The molecule has 0 aromatic heterocycles. The van der Waals surface area contributed by atoms with Crippen molar-refractivity contribution in [3.63, 3.8) is 0 Å². The Hall–Kier alpha value is 0.270. The molecule has 3 heteroatoms. The molecule has 0 radical (unpaired) electrons. The zero-order valence-electron chi connectivity index (χ0n) is 11.9. The lowest BCUT2D eigenvalue weighted by atomic mass is 9.86. The number of nitrogens with one attached hydrogen (secondary N) is 1. The molecule has 1 aliphatic carbocycles. The highest BCUT2D eigenvalue weighted by Crippen LogP contribution is 2.44. The molecule has 1 N–H and O–H groups in total. The van der Waals surface area contributed by atoms with Gasteiger partial charge in [0.2, 0.25) is 0 Å². The van der Waals surface area contributed by atoms with E-state index in [0.717, 1.165) is 5.92 Å². The second-order valence-corrected chi connectivity index (χ2v) is 7.62. The summed E-state index contributed by atoms with van der Waals surface area (Å²) in [5.41, 5.74) is 0.710. The van der Waals surface area contributed by atoms with Gasteiger partial charge in [-0.25, -0.2) is 0 Å². The van der Waals surface area contributed by atoms with Gasteiger partial charge < -0.3 is 5.32 Å². The van der Waals surface area contributed by atoms with Crippen LogP contribution in [-0.2, 0) is 0 Å². The minimum atomic E-state index is 0.285. The van der Waals surface area contributed by atoms with E-state index in [9.17, 15) is 0 Å². The molecule has 2 rings (SSSR count). The fourth-order valence-electron chi connectivity index (χ4n) is 3.09. The quantitative estimate of drug-likeness (QED) is 0.761.